The van der Waals surface area contributed by atoms with Gasteiger partial charge in [0.2, 0.25) is 0 Å². The average Bonchev–Trinajstić information content (AvgIpc) is 3.44. The Hall–Kier alpha value is -5.80. The molecule has 0 radical (unpaired) electrons. The Labute approximate surface area is 286 Å². The van der Waals surface area contributed by atoms with E-state index < -0.39 is 5.41 Å². The third-order valence-electron chi connectivity index (χ3n) is 11.2. The molecule has 0 amide bonds. The van der Waals surface area contributed by atoms with Crippen LogP contribution in [-0.4, -0.2) is 11.1 Å². The third kappa shape index (κ3) is 3.62. The van der Waals surface area contributed by atoms with E-state index >= 15 is 0 Å². The van der Waals surface area contributed by atoms with Gasteiger partial charge in [-0.15, -0.1) is 0 Å². The number of ether oxygens (including phenoxy) is 1. The van der Waals surface area contributed by atoms with Crippen molar-refractivity contribution in [2.24, 2.45) is 0 Å². The summed E-state index contributed by atoms with van der Waals surface area (Å²) in [4.78, 5) is 2.54. The number of hydrogen-bond donors (Lipinski definition) is 1. The maximum absolute atomic E-state index is 11.0. The van der Waals surface area contributed by atoms with E-state index in [0.29, 0.717) is 0 Å². The second kappa shape index (κ2) is 10.3. The van der Waals surface area contributed by atoms with Crippen molar-refractivity contribution in [1.82, 2.24) is 0 Å². The van der Waals surface area contributed by atoms with Crippen LogP contribution < -0.4 is 9.64 Å². The summed E-state index contributed by atoms with van der Waals surface area (Å²) in [6.07, 6.45) is 6.39. The lowest BCUT2D eigenvalue weighted by Gasteiger charge is -2.49. The van der Waals surface area contributed by atoms with Crippen LogP contribution in [-0.2, 0) is 5.41 Å². The summed E-state index contributed by atoms with van der Waals surface area (Å²) in [5.41, 5.74) is 13.5. The molecule has 2 aliphatic heterocycles. The summed E-state index contributed by atoms with van der Waals surface area (Å²) < 4.78 is 6.83. The molecule has 1 N–H and O–H groups in total. The zero-order chi connectivity index (χ0) is 32.9. The van der Waals surface area contributed by atoms with Crippen molar-refractivity contribution < 1.29 is 9.84 Å². The molecule has 0 saturated carbocycles. The van der Waals surface area contributed by atoms with Crippen molar-refractivity contribution in [3.8, 4) is 16.9 Å². The van der Waals surface area contributed by atoms with Gasteiger partial charge >= 0.3 is 0 Å². The minimum atomic E-state index is -0.518. The van der Waals surface area contributed by atoms with Crippen LogP contribution in [0.2, 0.25) is 0 Å². The van der Waals surface area contributed by atoms with E-state index in [1.807, 2.05) is 0 Å². The van der Waals surface area contributed by atoms with Crippen molar-refractivity contribution in [1.29, 1.82) is 0 Å². The van der Waals surface area contributed by atoms with Crippen molar-refractivity contribution in [2.45, 2.75) is 37.6 Å². The molecular weight excluding hydrogens is 599 g/mol. The lowest BCUT2D eigenvalue weighted by molar-refractivity contribution is 0.412. The molecule has 2 heterocycles. The fraction of sp³-hybridized carbons (Fsp3) is 0.130. The molecule has 1 unspecified atom stereocenters. The highest BCUT2D eigenvalue weighted by Crippen LogP contribution is 2.64. The smallest absolute Gasteiger partial charge is 0.138 e. The number of fused-ring (bicyclic) bond motifs is 12. The Balaban J connectivity index is 1.29. The van der Waals surface area contributed by atoms with Crippen LogP contribution in [0.4, 0.5) is 11.4 Å². The fourth-order valence-corrected chi connectivity index (χ4v) is 9.29. The summed E-state index contributed by atoms with van der Waals surface area (Å²) in [7, 11) is 0. The highest BCUT2D eigenvalue weighted by atomic mass is 16.5. The number of para-hydroxylation sites is 2. The van der Waals surface area contributed by atoms with Gasteiger partial charge in [-0.05, 0) is 74.7 Å². The van der Waals surface area contributed by atoms with Crippen LogP contribution in [0.1, 0.15) is 59.6 Å². The largest absolute Gasteiger partial charge is 0.515 e. The van der Waals surface area contributed by atoms with Gasteiger partial charge in [0.15, 0.2) is 0 Å². The Morgan fingerprint density at radius 3 is 2.14 bits per heavy atom. The number of benzene rings is 6. The Bertz CT molecular complexity index is 2420. The molecule has 2 aliphatic carbocycles. The number of aliphatic hydroxyl groups excluding tert-OH is 1. The molecule has 49 heavy (non-hydrogen) atoms. The number of rotatable bonds is 2. The maximum atomic E-state index is 11.0. The molecule has 0 saturated heterocycles. The first-order chi connectivity index (χ1) is 24.1. The lowest BCUT2D eigenvalue weighted by atomic mass is 9.63. The van der Waals surface area contributed by atoms with Crippen LogP contribution in [0.15, 0.2) is 157 Å². The first-order valence-corrected chi connectivity index (χ1v) is 17.3. The fourth-order valence-electron chi connectivity index (χ4n) is 9.29. The van der Waals surface area contributed by atoms with Gasteiger partial charge < -0.3 is 14.7 Å². The standard InChI is InChI=1S/C46H35NO2/c1-28(2)30-17-11-18-34-35(27-48)43-40(23-12-24-42(43)49-45(30)34)47-39-22-10-9-21-38(39)46(44-31-14-4-3-13-29(31)25-26-41(44)47)36-19-7-5-15-32(36)33-16-6-8-20-37(33)46/h3-22,24-28,40,48H,23H2,1-2H3/b35-27+. The third-order valence-corrected chi connectivity index (χ3v) is 11.2. The summed E-state index contributed by atoms with van der Waals surface area (Å²) in [5, 5.41) is 13.5. The van der Waals surface area contributed by atoms with Crippen molar-refractivity contribution >= 4 is 27.7 Å². The van der Waals surface area contributed by atoms with Gasteiger partial charge in [0, 0.05) is 33.6 Å². The van der Waals surface area contributed by atoms with Crippen LogP contribution in [0.25, 0.3) is 27.5 Å². The van der Waals surface area contributed by atoms with Crippen LogP contribution in [0.3, 0.4) is 0 Å². The topological polar surface area (TPSA) is 32.7 Å². The predicted octanol–water partition coefficient (Wildman–Crippen LogP) is 11.4. The second-order valence-electron chi connectivity index (χ2n) is 13.9. The number of aliphatic hydroxyl groups is 1. The zero-order valence-corrected chi connectivity index (χ0v) is 27.5. The minimum Gasteiger partial charge on any atom is -0.515 e. The molecule has 0 fully saturated rings. The summed E-state index contributed by atoms with van der Waals surface area (Å²) in [5.74, 6) is 1.92. The van der Waals surface area contributed by atoms with Crippen molar-refractivity contribution in [3.63, 3.8) is 0 Å². The zero-order valence-electron chi connectivity index (χ0n) is 27.5. The van der Waals surface area contributed by atoms with Gasteiger partial charge in [0.1, 0.15) is 11.5 Å². The summed E-state index contributed by atoms with van der Waals surface area (Å²) in [6.45, 7) is 4.37. The van der Waals surface area contributed by atoms with Gasteiger partial charge in [-0.2, -0.15) is 0 Å². The SMILES string of the molecule is CC(C)c1cccc2c1OC1=C(/C2=C/O)C(N2c3ccccc3C3(c4ccccc4-c4ccccc43)c3c2ccc2ccccc32)CC=C1. The van der Waals surface area contributed by atoms with Gasteiger partial charge in [0.25, 0.3) is 0 Å². The molecule has 10 rings (SSSR count). The highest BCUT2D eigenvalue weighted by Gasteiger charge is 2.53. The Morgan fingerprint density at radius 1 is 0.714 bits per heavy atom. The average molecular weight is 634 g/mol. The quantitative estimate of drug-likeness (QED) is 0.192. The Kier molecular flexibility index (Phi) is 5.96. The van der Waals surface area contributed by atoms with E-state index in [0.717, 1.165) is 40.2 Å². The molecular formula is C46H35NO2. The van der Waals surface area contributed by atoms with Crippen molar-refractivity contribution in [3.05, 3.63) is 191 Å². The number of nitrogens with zero attached hydrogens (tertiary/aromatic N) is 1. The predicted molar refractivity (Wildman–Crippen MR) is 200 cm³/mol. The molecule has 236 valence electrons. The van der Waals surface area contributed by atoms with E-state index in [1.54, 1.807) is 0 Å². The normalized spacial score (nSPS) is 18.6. The van der Waals surface area contributed by atoms with Gasteiger partial charge in [-0.3, -0.25) is 0 Å². The van der Waals surface area contributed by atoms with Crippen molar-refractivity contribution in [2.75, 3.05) is 4.90 Å². The van der Waals surface area contributed by atoms with Crippen LogP contribution in [0, 0.1) is 0 Å². The van der Waals surface area contributed by atoms with E-state index in [-0.39, 0.29) is 12.0 Å². The minimum absolute atomic E-state index is 0.125. The molecule has 3 heteroatoms. The molecule has 0 aromatic heterocycles. The molecule has 1 atom stereocenters. The van der Waals surface area contributed by atoms with E-state index in [2.05, 4.69) is 158 Å². The molecule has 0 bridgehead atoms. The van der Waals surface area contributed by atoms with Crippen LogP contribution >= 0.6 is 0 Å². The summed E-state index contributed by atoms with van der Waals surface area (Å²) in [6, 6.07) is 46.5. The Morgan fingerprint density at radius 2 is 1.39 bits per heavy atom. The van der Waals surface area contributed by atoms with E-state index in [4.69, 9.17) is 4.74 Å². The van der Waals surface area contributed by atoms with Gasteiger partial charge in [0.05, 0.1) is 17.7 Å². The molecule has 6 aromatic carbocycles. The summed E-state index contributed by atoms with van der Waals surface area (Å²) >= 11 is 0. The van der Waals surface area contributed by atoms with E-state index in [1.165, 1.54) is 61.8 Å². The van der Waals surface area contributed by atoms with Gasteiger partial charge in [-0.1, -0.05) is 135 Å². The number of hydrogen-bond acceptors (Lipinski definition) is 3. The van der Waals surface area contributed by atoms with Crippen LogP contribution in [0.5, 0.6) is 5.75 Å². The van der Waals surface area contributed by atoms with E-state index in [9.17, 15) is 5.11 Å². The molecule has 4 aliphatic rings. The monoisotopic (exact) mass is 633 g/mol. The maximum Gasteiger partial charge on any atom is 0.138 e. The molecule has 3 nitrogen and oxygen atoms in total. The second-order valence-corrected chi connectivity index (χ2v) is 13.9. The van der Waals surface area contributed by atoms with Gasteiger partial charge in [-0.25, -0.2) is 0 Å². The molecule has 6 aromatic rings. The lowest BCUT2D eigenvalue weighted by Crippen LogP contribution is -2.44. The highest BCUT2D eigenvalue weighted by molar-refractivity contribution is 6.03. The molecule has 1 spiro atoms. The number of allylic oxidation sites excluding steroid dienone is 1. The first kappa shape index (κ1) is 28.2. The number of anilines is 2. The first-order valence-electron chi connectivity index (χ1n) is 17.3.